The van der Waals surface area contributed by atoms with Gasteiger partial charge in [0.2, 0.25) is 0 Å². The molecule has 0 saturated carbocycles. The topological polar surface area (TPSA) is 133 Å². The van der Waals surface area contributed by atoms with E-state index in [0.717, 1.165) is 11.1 Å². The second-order valence-electron chi connectivity index (χ2n) is 6.21. The Labute approximate surface area is 161 Å². The van der Waals surface area contributed by atoms with Gasteiger partial charge < -0.3 is 21.1 Å². The molecule has 2 aromatic heterocycles. The Kier molecular flexibility index (Phi) is 5.78. The third-order valence-electron chi connectivity index (χ3n) is 4.10. The van der Waals surface area contributed by atoms with Crippen LogP contribution in [0.2, 0.25) is 0 Å². The van der Waals surface area contributed by atoms with Crippen LogP contribution in [0.4, 0.5) is 15.0 Å². The molecule has 0 aromatic carbocycles. The van der Waals surface area contributed by atoms with E-state index < -0.39 is 17.9 Å². The number of nitrogens with two attached hydrogens (primary N) is 2. The lowest BCUT2D eigenvalue weighted by atomic mass is 10.1. The number of carbonyl (C=O) groups excluding carboxylic acids is 1. The van der Waals surface area contributed by atoms with Crippen LogP contribution in [0.3, 0.4) is 0 Å². The summed E-state index contributed by atoms with van der Waals surface area (Å²) in [6, 6.07) is 1.44. The normalized spacial score (nSPS) is 13.6. The van der Waals surface area contributed by atoms with Gasteiger partial charge in [0.1, 0.15) is 6.61 Å². The first-order valence-electron chi connectivity index (χ1n) is 8.57. The summed E-state index contributed by atoms with van der Waals surface area (Å²) < 4.78 is 19.7. The zero-order chi connectivity index (χ0) is 20.1. The van der Waals surface area contributed by atoms with Crippen LogP contribution >= 0.6 is 0 Å². The van der Waals surface area contributed by atoms with Crippen molar-refractivity contribution < 1.29 is 13.9 Å². The number of pyridine rings is 1. The van der Waals surface area contributed by atoms with Gasteiger partial charge in [0.25, 0.3) is 0 Å². The monoisotopic (exact) mass is 385 g/mol. The number of carbonyl (C=O) groups is 1. The second-order valence-corrected chi connectivity index (χ2v) is 6.21. The number of amides is 1. The summed E-state index contributed by atoms with van der Waals surface area (Å²) in [6.07, 6.45) is 6.63. The van der Waals surface area contributed by atoms with E-state index in [1.54, 1.807) is 17.3 Å². The van der Waals surface area contributed by atoms with Crippen molar-refractivity contribution in [2.75, 3.05) is 18.0 Å². The second kappa shape index (κ2) is 8.42. The van der Waals surface area contributed by atoms with Gasteiger partial charge in [-0.05, 0) is 30.5 Å². The number of nitrogens with zero attached hydrogens (tertiary/aromatic N) is 5. The lowest BCUT2D eigenvalue weighted by molar-refractivity contribution is 0.149. The number of hydrogen-bond acceptors (Lipinski definition) is 6. The van der Waals surface area contributed by atoms with Crippen LogP contribution in [-0.4, -0.2) is 40.1 Å². The lowest BCUT2D eigenvalue weighted by Crippen LogP contribution is -2.30. The first-order valence-corrected chi connectivity index (χ1v) is 8.57. The predicted octanol–water partition coefficient (Wildman–Crippen LogP) is 1.52. The van der Waals surface area contributed by atoms with Crippen molar-refractivity contribution in [2.24, 2.45) is 16.5 Å². The Morgan fingerprint density at radius 3 is 2.71 bits per heavy atom. The first kappa shape index (κ1) is 19.2. The Hall–Kier alpha value is -3.56. The summed E-state index contributed by atoms with van der Waals surface area (Å²) in [6.45, 7) is 2.65. The number of guanidine groups is 1. The van der Waals surface area contributed by atoms with Gasteiger partial charge in [-0.1, -0.05) is 6.08 Å². The van der Waals surface area contributed by atoms with Gasteiger partial charge >= 0.3 is 6.09 Å². The average molecular weight is 385 g/mol. The van der Waals surface area contributed by atoms with Gasteiger partial charge in [0, 0.05) is 37.2 Å². The van der Waals surface area contributed by atoms with Crippen LogP contribution in [0, 0.1) is 12.7 Å². The minimum Gasteiger partial charge on any atom is -0.443 e. The fraction of sp³-hybridized carbons (Fsp3) is 0.278. The molecule has 3 heterocycles. The molecule has 3 rings (SSSR count). The molecule has 0 spiro atoms. The van der Waals surface area contributed by atoms with Crippen molar-refractivity contribution >= 4 is 23.4 Å². The molecule has 0 radical (unpaired) electrons. The SMILES string of the molecule is Cc1cnc(C2=CCN(c3nccc(COC(=O)N=C(N)N)c3F)CC2)nc1. The minimum absolute atomic E-state index is 0.181. The Morgan fingerprint density at radius 1 is 1.32 bits per heavy atom. The molecular weight excluding hydrogens is 365 g/mol. The van der Waals surface area contributed by atoms with Crippen molar-refractivity contribution in [3.8, 4) is 0 Å². The lowest BCUT2D eigenvalue weighted by Gasteiger charge is -2.27. The van der Waals surface area contributed by atoms with Crippen molar-refractivity contribution in [1.29, 1.82) is 0 Å². The molecule has 146 valence electrons. The standard InChI is InChI=1S/C18H20FN7O2/c1-11-8-23-15(24-9-11)12-3-6-26(7-4-12)16-14(19)13(2-5-22-16)10-28-18(27)25-17(20)21/h2-3,5,8-9H,4,6-7,10H2,1H3,(H4,20,21,25,27). The van der Waals surface area contributed by atoms with Crippen molar-refractivity contribution in [1.82, 2.24) is 15.0 Å². The Bertz CT molecular complexity index is 924. The Morgan fingerprint density at radius 2 is 2.07 bits per heavy atom. The number of rotatable bonds is 4. The van der Waals surface area contributed by atoms with Gasteiger partial charge in [-0.3, -0.25) is 0 Å². The van der Waals surface area contributed by atoms with E-state index in [0.29, 0.717) is 25.3 Å². The summed E-state index contributed by atoms with van der Waals surface area (Å²) in [5.41, 5.74) is 12.4. The first-order chi connectivity index (χ1) is 13.4. The highest BCUT2D eigenvalue weighted by Crippen LogP contribution is 2.26. The number of anilines is 1. The van der Waals surface area contributed by atoms with Crippen LogP contribution in [0.1, 0.15) is 23.4 Å². The highest BCUT2D eigenvalue weighted by Gasteiger charge is 2.20. The minimum atomic E-state index is -0.985. The zero-order valence-corrected chi connectivity index (χ0v) is 15.3. The van der Waals surface area contributed by atoms with Gasteiger partial charge in [0.15, 0.2) is 23.4 Å². The third kappa shape index (κ3) is 4.58. The van der Waals surface area contributed by atoms with Gasteiger partial charge in [-0.2, -0.15) is 0 Å². The molecule has 10 heteroatoms. The number of aryl methyl sites for hydroxylation is 1. The number of ether oxygens (including phenoxy) is 1. The molecule has 0 fully saturated rings. The van der Waals surface area contributed by atoms with Crippen LogP contribution in [-0.2, 0) is 11.3 Å². The largest absolute Gasteiger partial charge is 0.443 e. The predicted molar refractivity (Wildman–Crippen MR) is 102 cm³/mol. The molecule has 2 aromatic rings. The molecule has 4 N–H and O–H groups in total. The van der Waals surface area contributed by atoms with Crippen LogP contribution in [0.5, 0.6) is 0 Å². The maximum atomic E-state index is 14.8. The maximum Gasteiger partial charge on any atom is 0.437 e. The van der Waals surface area contributed by atoms with Crippen molar-refractivity contribution in [3.63, 3.8) is 0 Å². The van der Waals surface area contributed by atoms with Gasteiger partial charge in [-0.15, -0.1) is 4.99 Å². The highest BCUT2D eigenvalue weighted by atomic mass is 19.1. The van der Waals surface area contributed by atoms with E-state index in [-0.39, 0.29) is 18.0 Å². The fourth-order valence-corrected chi connectivity index (χ4v) is 2.70. The molecule has 0 aliphatic carbocycles. The van der Waals surface area contributed by atoms with Crippen LogP contribution in [0.15, 0.2) is 35.7 Å². The molecular formula is C18H20FN7O2. The van der Waals surface area contributed by atoms with E-state index in [9.17, 15) is 9.18 Å². The van der Waals surface area contributed by atoms with Gasteiger partial charge in [-0.25, -0.2) is 24.1 Å². The number of aliphatic imine (C=N–C) groups is 1. The van der Waals surface area contributed by atoms with Gasteiger partial charge in [0.05, 0.1) is 0 Å². The summed E-state index contributed by atoms with van der Waals surface area (Å²) in [5.74, 6) is -0.104. The van der Waals surface area contributed by atoms with Crippen molar-refractivity contribution in [2.45, 2.75) is 20.0 Å². The zero-order valence-electron chi connectivity index (χ0n) is 15.3. The molecule has 0 atom stereocenters. The molecule has 0 saturated heterocycles. The highest BCUT2D eigenvalue weighted by molar-refractivity contribution is 5.87. The van der Waals surface area contributed by atoms with E-state index >= 15 is 0 Å². The number of hydrogen-bond donors (Lipinski definition) is 2. The number of halogens is 1. The average Bonchev–Trinajstić information content (AvgIpc) is 2.67. The summed E-state index contributed by atoms with van der Waals surface area (Å²) in [5, 5.41) is 0. The molecule has 1 aliphatic rings. The van der Waals surface area contributed by atoms with Crippen molar-refractivity contribution in [3.05, 3.63) is 53.5 Å². The quantitative estimate of drug-likeness (QED) is 0.598. The molecule has 0 bridgehead atoms. The van der Waals surface area contributed by atoms with Crippen LogP contribution in [0.25, 0.3) is 5.57 Å². The molecule has 0 unspecified atom stereocenters. The summed E-state index contributed by atoms with van der Waals surface area (Å²) >= 11 is 0. The number of aromatic nitrogens is 3. The van der Waals surface area contributed by atoms with E-state index in [2.05, 4.69) is 19.9 Å². The molecule has 28 heavy (non-hydrogen) atoms. The van der Waals surface area contributed by atoms with E-state index in [4.69, 9.17) is 16.2 Å². The van der Waals surface area contributed by atoms with Crippen LogP contribution < -0.4 is 16.4 Å². The Balaban J connectivity index is 1.70. The third-order valence-corrected chi connectivity index (χ3v) is 4.10. The fourth-order valence-electron chi connectivity index (χ4n) is 2.70. The van der Waals surface area contributed by atoms with E-state index in [1.165, 1.54) is 12.3 Å². The smallest absolute Gasteiger partial charge is 0.437 e. The maximum absolute atomic E-state index is 14.8. The van der Waals surface area contributed by atoms with E-state index in [1.807, 2.05) is 13.0 Å². The summed E-state index contributed by atoms with van der Waals surface area (Å²) in [7, 11) is 0. The molecule has 1 amide bonds. The molecule has 9 nitrogen and oxygen atoms in total. The molecule has 1 aliphatic heterocycles. The summed E-state index contributed by atoms with van der Waals surface area (Å²) in [4.78, 5) is 29.2.